The molecule has 0 fully saturated rings. The van der Waals surface area contributed by atoms with Gasteiger partial charge in [0.2, 0.25) is 0 Å². The third kappa shape index (κ3) is 6.46. The first-order chi connectivity index (χ1) is 37.3. The molecule has 11 aromatic carbocycles. The van der Waals surface area contributed by atoms with Crippen LogP contribution in [-0.4, -0.2) is 0 Å². The Morgan fingerprint density at radius 3 is 1.52 bits per heavy atom. The summed E-state index contributed by atoms with van der Waals surface area (Å²) < 4.78 is 79.9. The fourth-order valence-electron chi connectivity index (χ4n) is 11.3. The van der Waals surface area contributed by atoms with Crippen LogP contribution in [0.1, 0.15) is 58.2 Å². The minimum absolute atomic E-state index is 0.0966. The van der Waals surface area contributed by atoms with E-state index in [-0.39, 0.29) is 46.7 Å². The normalized spacial score (nSPS) is 15.2. The summed E-state index contributed by atoms with van der Waals surface area (Å²) in [5, 5.41) is 2.16. The van der Waals surface area contributed by atoms with Crippen LogP contribution in [-0.2, 0) is 10.8 Å². The second kappa shape index (κ2) is 16.1. The van der Waals surface area contributed by atoms with Crippen molar-refractivity contribution in [2.45, 2.75) is 24.7 Å². The van der Waals surface area contributed by atoms with Crippen molar-refractivity contribution >= 4 is 27.8 Å². The molecule has 1 heteroatoms. The van der Waals surface area contributed by atoms with Gasteiger partial charge in [-0.2, -0.15) is 0 Å². The first kappa shape index (κ1) is 33.0. The zero-order chi connectivity index (χ0) is 53.1. The zero-order valence-corrected chi connectivity index (χ0v) is 38.2. The molecule has 0 aromatic heterocycles. The predicted octanol–water partition coefficient (Wildman–Crippen LogP) is 18.0. The predicted molar refractivity (Wildman–Crippen MR) is 290 cm³/mol. The summed E-state index contributed by atoms with van der Waals surface area (Å²) in [6.07, 6.45) is 0. The van der Waals surface area contributed by atoms with Crippen molar-refractivity contribution < 1.29 is 11.0 Å². The van der Waals surface area contributed by atoms with Crippen molar-refractivity contribution in [1.29, 1.82) is 0 Å². The lowest BCUT2D eigenvalue weighted by atomic mass is 9.67. The van der Waals surface area contributed by atoms with E-state index in [2.05, 4.69) is 86.6 Å². The molecule has 0 aliphatic heterocycles. The number of anilines is 3. The summed E-state index contributed by atoms with van der Waals surface area (Å²) in [7, 11) is 0. The molecule has 2 aliphatic rings. The summed E-state index contributed by atoms with van der Waals surface area (Å²) in [6, 6.07) is 67.6. The van der Waals surface area contributed by atoms with E-state index in [4.69, 9.17) is 0 Å². The van der Waals surface area contributed by atoms with Crippen molar-refractivity contribution in [3.8, 4) is 55.6 Å². The van der Waals surface area contributed by atoms with E-state index in [0.717, 1.165) is 77.5 Å². The third-order valence-corrected chi connectivity index (χ3v) is 14.5. The number of nitrogens with zero attached hydrogens (tertiary/aromatic N) is 1. The maximum absolute atomic E-state index is 10.1. The second-order valence-electron chi connectivity index (χ2n) is 18.6. The Balaban J connectivity index is 1.07. The number of hydrogen-bond donors (Lipinski definition) is 0. The van der Waals surface area contributed by atoms with Crippen molar-refractivity contribution in [1.82, 2.24) is 0 Å². The maximum atomic E-state index is 10.1. The minimum Gasteiger partial charge on any atom is -0.310 e. The highest BCUT2D eigenvalue weighted by atomic mass is 15.1. The monoisotopic (exact) mass is 887 g/mol. The van der Waals surface area contributed by atoms with E-state index >= 15 is 0 Å². The lowest BCUT2D eigenvalue weighted by Crippen LogP contribution is -2.28. The van der Waals surface area contributed by atoms with Gasteiger partial charge in [0.05, 0.1) is 16.4 Å². The van der Waals surface area contributed by atoms with Crippen molar-refractivity contribution in [3.05, 3.63) is 294 Å². The Labute approximate surface area is 416 Å². The van der Waals surface area contributed by atoms with E-state index in [1.807, 2.05) is 133 Å². The third-order valence-electron chi connectivity index (χ3n) is 14.5. The van der Waals surface area contributed by atoms with Gasteiger partial charge >= 0.3 is 0 Å². The molecule has 0 N–H and O–H groups in total. The van der Waals surface area contributed by atoms with Gasteiger partial charge in [0.25, 0.3) is 0 Å². The van der Waals surface area contributed by atoms with E-state index < -0.39 is 35.0 Å². The van der Waals surface area contributed by atoms with Gasteiger partial charge in [-0.3, -0.25) is 0 Å². The van der Waals surface area contributed by atoms with Crippen molar-refractivity contribution in [3.63, 3.8) is 0 Å². The van der Waals surface area contributed by atoms with E-state index in [1.165, 1.54) is 4.90 Å². The van der Waals surface area contributed by atoms with Crippen molar-refractivity contribution in [2.75, 3.05) is 4.90 Å². The van der Waals surface area contributed by atoms with Crippen LogP contribution < -0.4 is 4.90 Å². The van der Waals surface area contributed by atoms with Crippen LogP contribution in [0.5, 0.6) is 0 Å². The van der Waals surface area contributed by atoms with E-state index in [1.54, 1.807) is 6.07 Å². The Bertz CT molecular complexity index is 4150. The van der Waals surface area contributed by atoms with Gasteiger partial charge in [-0.15, -0.1) is 0 Å². The fraction of sp³-hybridized carbons (Fsp3) is 0.0588. The van der Waals surface area contributed by atoms with Crippen LogP contribution in [0.25, 0.3) is 66.4 Å². The lowest BCUT2D eigenvalue weighted by Gasteiger charge is -2.35. The van der Waals surface area contributed by atoms with Crippen molar-refractivity contribution in [2.24, 2.45) is 0 Å². The maximum Gasteiger partial charge on any atom is 0.0714 e. The Hall–Kier alpha value is -8.52. The molecule has 1 nitrogen and oxygen atoms in total. The molecule has 11 aromatic rings. The van der Waals surface area contributed by atoms with Crippen LogP contribution in [0, 0.1) is 0 Å². The van der Waals surface area contributed by atoms with Gasteiger partial charge in [-0.05, 0) is 148 Å². The summed E-state index contributed by atoms with van der Waals surface area (Å²) in [6.45, 7) is 4.24. The molecule has 0 saturated heterocycles. The molecule has 13 rings (SSSR count). The molecule has 0 amide bonds. The van der Waals surface area contributed by atoms with Crippen LogP contribution in [0.2, 0.25) is 0 Å². The highest BCUT2D eigenvalue weighted by molar-refractivity contribution is 5.92. The number of benzene rings is 11. The summed E-state index contributed by atoms with van der Waals surface area (Å²) >= 11 is 0. The van der Waals surface area contributed by atoms with E-state index in [0.29, 0.717) is 16.8 Å². The smallest absolute Gasteiger partial charge is 0.0714 e. The average molecular weight is 888 g/mol. The standard InChI is InChI=1S/C68H49N/c1-67(2)63-29-13-11-26-60(63)62-28-16-27-58(66(62)67)48-35-39-56(40-36-48)69(55-37-33-47(34-38-55)50-19-15-20-51(43-50)52-32-31-46-17-9-10-18-49(46)44-52)57-41-42-61-59-25-12-14-30-64(59)68(65(61)45-57,53-21-5-3-6-22-53)54-23-7-4-8-24-54/h3-45H,1-2H3/i33D,34D,35D,36D,37D,38D,39D,40D. The van der Waals surface area contributed by atoms with Gasteiger partial charge in [-0.1, -0.05) is 226 Å². The Morgan fingerprint density at radius 2 is 0.826 bits per heavy atom. The SMILES string of the molecule is [2H]c1c([2H])c(N(c2ccc3c(c2)C(c2ccccc2)(c2ccccc2)c2ccccc2-3)c2c([2H])c([2H])c(-c3cccc4c3C(C)(C)c3ccccc3-4)c([2H])c2[2H])c([2H])c([2H])c1-c1cccc(-c2ccc3ccccc3c2)c1. The average Bonchev–Trinajstić information content (AvgIpc) is 4.07. The van der Waals surface area contributed by atoms with Gasteiger partial charge in [-0.25, -0.2) is 0 Å². The van der Waals surface area contributed by atoms with Gasteiger partial charge in [0.1, 0.15) is 0 Å². The lowest BCUT2D eigenvalue weighted by molar-refractivity contribution is 0.662. The molecule has 0 heterocycles. The molecular weight excluding hydrogens is 831 g/mol. The highest BCUT2D eigenvalue weighted by Gasteiger charge is 2.46. The number of rotatable bonds is 8. The first-order valence-corrected chi connectivity index (χ1v) is 23.5. The summed E-state index contributed by atoms with van der Waals surface area (Å²) in [5.41, 5.74) is 11.5. The molecular formula is C68H49N. The second-order valence-corrected chi connectivity index (χ2v) is 18.6. The van der Waals surface area contributed by atoms with Gasteiger partial charge in [0.15, 0.2) is 0 Å². The highest BCUT2D eigenvalue weighted by Crippen LogP contribution is 2.58. The molecule has 0 radical (unpaired) electrons. The molecule has 69 heavy (non-hydrogen) atoms. The minimum atomic E-state index is -0.887. The number of fused-ring (bicyclic) bond motifs is 7. The molecule has 2 aliphatic carbocycles. The molecule has 0 saturated carbocycles. The fourth-order valence-corrected chi connectivity index (χ4v) is 11.3. The molecule has 0 spiro atoms. The summed E-state index contributed by atoms with van der Waals surface area (Å²) in [5.74, 6) is 0. The summed E-state index contributed by atoms with van der Waals surface area (Å²) in [4.78, 5) is 1.44. The largest absolute Gasteiger partial charge is 0.310 e. The quantitative estimate of drug-likeness (QED) is 0.147. The van der Waals surface area contributed by atoms with E-state index in [9.17, 15) is 11.0 Å². The van der Waals surface area contributed by atoms with Gasteiger partial charge < -0.3 is 4.90 Å². The Kier molecular flexibility index (Phi) is 7.70. The molecule has 0 bridgehead atoms. The van der Waals surface area contributed by atoms with Crippen LogP contribution in [0.3, 0.4) is 0 Å². The molecule has 0 unspecified atom stereocenters. The zero-order valence-electron chi connectivity index (χ0n) is 46.2. The first-order valence-electron chi connectivity index (χ1n) is 27.5. The molecule has 326 valence electrons. The topological polar surface area (TPSA) is 3.24 Å². The number of hydrogen-bond acceptors (Lipinski definition) is 1. The molecule has 0 atom stereocenters. The van der Waals surface area contributed by atoms with Crippen LogP contribution in [0.15, 0.2) is 261 Å². The Morgan fingerprint density at radius 1 is 0.319 bits per heavy atom. The van der Waals surface area contributed by atoms with Gasteiger partial charge in [0, 0.05) is 22.5 Å². The van der Waals surface area contributed by atoms with Crippen LogP contribution >= 0.6 is 0 Å². The van der Waals surface area contributed by atoms with Crippen LogP contribution in [0.4, 0.5) is 17.1 Å².